The van der Waals surface area contributed by atoms with Crippen molar-refractivity contribution < 1.29 is 19.0 Å². The van der Waals surface area contributed by atoms with Crippen molar-refractivity contribution >= 4 is 29.5 Å². The quantitative estimate of drug-likeness (QED) is 0.536. The maximum Gasteiger partial charge on any atom is 0.160 e. The smallest absolute Gasteiger partial charge is 0.160 e. The molecule has 2 aromatic carbocycles. The summed E-state index contributed by atoms with van der Waals surface area (Å²) in [5.41, 5.74) is 0. The lowest BCUT2D eigenvalue weighted by Gasteiger charge is -2.12. The Bertz CT molecular complexity index is 692. The van der Waals surface area contributed by atoms with Crippen molar-refractivity contribution in [2.24, 2.45) is 0 Å². The molecule has 2 rings (SSSR count). The van der Waals surface area contributed by atoms with Gasteiger partial charge in [-0.2, -0.15) is 0 Å². The van der Waals surface area contributed by atoms with Crippen LogP contribution in [-0.4, -0.2) is 19.0 Å². The minimum absolute atomic E-state index is 0.172. The van der Waals surface area contributed by atoms with Crippen molar-refractivity contribution in [3.05, 3.63) is 59.1 Å². The molecule has 1 atom stereocenters. The molecule has 0 spiro atoms. The number of ether oxygens (including phenoxy) is 3. The Labute approximate surface area is 156 Å². The van der Waals surface area contributed by atoms with E-state index in [-0.39, 0.29) is 4.49 Å². The highest BCUT2D eigenvalue weighted by Gasteiger charge is 2.06. The summed E-state index contributed by atoms with van der Waals surface area (Å²) in [6.45, 7) is 2.19. The summed E-state index contributed by atoms with van der Waals surface area (Å²) >= 11 is 11.0. The number of rotatable bonds is 9. The Kier molecular flexibility index (Phi) is 7.64. The molecule has 0 N–H and O–H groups in total. The molecule has 0 heterocycles. The lowest BCUT2D eigenvalue weighted by molar-refractivity contribution is -0.113. The van der Waals surface area contributed by atoms with E-state index in [1.807, 2.05) is 6.92 Å². The van der Waals surface area contributed by atoms with Gasteiger partial charge < -0.3 is 14.2 Å². The van der Waals surface area contributed by atoms with Gasteiger partial charge in [0.05, 0.1) is 0 Å². The second-order valence-electron chi connectivity index (χ2n) is 5.05. The fourth-order valence-electron chi connectivity index (χ4n) is 1.91. The second-order valence-corrected chi connectivity index (χ2v) is 6.06. The number of aldehydes is 1. The summed E-state index contributed by atoms with van der Waals surface area (Å²) < 4.78 is 16.9. The molecule has 0 fully saturated rings. The number of hydrogen-bond acceptors (Lipinski definition) is 4. The SMILES string of the molecule is CCC(C=O)Oc1ccc(Oc2ccc(OCC=C(Cl)Cl)cc2)cc1. The van der Waals surface area contributed by atoms with E-state index in [4.69, 9.17) is 37.4 Å². The van der Waals surface area contributed by atoms with Gasteiger partial charge in [-0.1, -0.05) is 30.1 Å². The third-order valence-corrected chi connectivity index (χ3v) is 3.52. The van der Waals surface area contributed by atoms with Crippen LogP contribution in [0.1, 0.15) is 13.3 Å². The largest absolute Gasteiger partial charge is 0.489 e. The van der Waals surface area contributed by atoms with Gasteiger partial charge in [-0.25, -0.2) is 0 Å². The summed E-state index contributed by atoms with van der Waals surface area (Å²) in [6.07, 6.45) is 2.56. The van der Waals surface area contributed by atoms with E-state index in [1.165, 1.54) is 0 Å². The van der Waals surface area contributed by atoms with E-state index in [2.05, 4.69) is 0 Å². The number of carbonyl (C=O) groups excluding carboxylic acids is 1. The maximum atomic E-state index is 10.8. The highest BCUT2D eigenvalue weighted by atomic mass is 35.5. The van der Waals surface area contributed by atoms with Crippen LogP contribution in [0.2, 0.25) is 0 Å². The van der Waals surface area contributed by atoms with Crippen molar-refractivity contribution in [3.8, 4) is 23.0 Å². The lowest BCUT2D eigenvalue weighted by Crippen LogP contribution is -2.16. The molecular weight excluding hydrogens is 363 g/mol. The monoisotopic (exact) mass is 380 g/mol. The van der Waals surface area contributed by atoms with Crippen LogP contribution < -0.4 is 14.2 Å². The van der Waals surface area contributed by atoms with Crippen molar-refractivity contribution in [2.75, 3.05) is 6.61 Å². The van der Waals surface area contributed by atoms with E-state index in [1.54, 1.807) is 54.6 Å². The van der Waals surface area contributed by atoms with Gasteiger partial charge in [0, 0.05) is 0 Å². The van der Waals surface area contributed by atoms with Gasteiger partial charge in [0.2, 0.25) is 0 Å². The summed E-state index contributed by atoms with van der Waals surface area (Å²) in [7, 11) is 0. The number of halogens is 2. The van der Waals surface area contributed by atoms with E-state index < -0.39 is 6.10 Å². The van der Waals surface area contributed by atoms with Crippen LogP contribution in [0.3, 0.4) is 0 Å². The average molecular weight is 381 g/mol. The molecule has 25 heavy (non-hydrogen) atoms. The standard InChI is InChI=1S/C19H18Cl2O4/c1-2-14(13-22)24-16-7-9-18(10-8-16)25-17-5-3-15(4-6-17)23-12-11-19(20)21/h3-11,13-14H,2,12H2,1H3. The molecule has 0 saturated carbocycles. The van der Waals surface area contributed by atoms with E-state index >= 15 is 0 Å². The van der Waals surface area contributed by atoms with Crippen molar-refractivity contribution in [1.29, 1.82) is 0 Å². The van der Waals surface area contributed by atoms with Crippen LogP contribution in [0.25, 0.3) is 0 Å². The Morgan fingerprint density at radius 3 is 1.96 bits per heavy atom. The lowest BCUT2D eigenvalue weighted by atomic mass is 10.3. The number of carbonyl (C=O) groups is 1. The van der Waals surface area contributed by atoms with Crippen molar-refractivity contribution in [1.82, 2.24) is 0 Å². The topological polar surface area (TPSA) is 44.8 Å². The fraction of sp³-hybridized carbons (Fsp3) is 0.211. The third-order valence-electron chi connectivity index (χ3n) is 3.21. The Hall–Kier alpha value is -2.17. The highest BCUT2D eigenvalue weighted by Crippen LogP contribution is 2.26. The first kappa shape index (κ1) is 19.2. The zero-order valence-corrected chi connectivity index (χ0v) is 15.2. The summed E-state index contributed by atoms with van der Waals surface area (Å²) in [5.74, 6) is 2.64. The van der Waals surface area contributed by atoms with Gasteiger partial charge >= 0.3 is 0 Å². The van der Waals surface area contributed by atoms with Crippen LogP contribution in [0, 0.1) is 0 Å². The zero-order chi connectivity index (χ0) is 18.1. The first-order chi connectivity index (χ1) is 12.1. The minimum Gasteiger partial charge on any atom is -0.489 e. The predicted octanol–water partition coefficient (Wildman–Crippen LogP) is 5.53. The molecule has 4 nitrogen and oxygen atoms in total. The molecule has 0 aliphatic heterocycles. The minimum atomic E-state index is -0.428. The fourth-order valence-corrected chi connectivity index (χ4v) is 2.04. The van der Waals surface area contributed by atoms with Crippen LogP contribution in [0.5, 0.6) is 23.0 Å². The van der Waals surface area contributed by atoms with E-state index in [9.17, 15) is 4.79 Å². The molecule has 6 heteroatoms. The van der Waals surface area contributed by atoms with Gasteiger partial charge in [-0.3, -0.25) is 4.79 Å². The Morgan fingerprint density at radius 2 is 1.48 bits per heavy atom. The normalized spacial score (nSPS) is 11.3. The number of hydrogen-bond donors (Lipinski definition) is 0. The molecule has 1 unspecified atom stereocenters. The molecule has 0 saturated heterocycles. The van der Waals surface area contributed by atoms with Crippen molar-refractivity contribution in [2.45, 2.75) is 19.4 Å². The van der Waals surface area contributed by atoms with Crippen LogP contribution in [-0.2, 0) is 4.79 Å². The number of benzene rings is 2. The van der Waals surface area contributed by atoms with Crippen LogP contribution >= 0.6 is 23.2 Å². The molecule has 0 amide bonds. The van der Waals surface area contributed by atoms with Crippen LogP contribution in [0.4, 0.5) is 0 Å². The molecule has 0 aliphatic rings. The Balaban J connectivity index is 1.91. The van der Waals surface area contributed by atoms with Gasteiger partial charge in [-0.15, -0.1) is 0 Å². The third kappa shape index (κ3) is 6.69. The average Bonchev–Trinajstić information content (AvgIpc) is 2.62. The first-order valence-corrected chi connectivity index (χ1v) is 8.50. The van der Waals surface area contributed by atoms with Gasteiger partial charge in [0.15, 0.2) is 12.4 Å². The van der Waals surface area contributed by atoms with Gasteiger partial charge in [0.1, 0.15) is 34.1 Å². The summed E-state index contributed by atoms with van der Waals surface area (Å²) in [6, 6.07) is 14.3. The zero-order valence-electron chi connectivity index (χ0n) is 13.7. The van der Waals surface area contributed by atoms with Crippen molar-refractivity contribution in [3.63, 3.8) is 0 Å². The van der Waals surface area contributed by atoms with Crippen LogP contribution in [0.15, 0.2) is 59.1 Å². The summed E-state index contributed by atoms with van der Waals surface area (Å²) in [4.78, 5) is 10.8. The van der Waals surface area contributed by atoms with E-state index in [0.29, 0.717) is 36.0 Å². The Morgan fingerprint density at radius 1 is 0.960 bits per heavy atom. The molecular formula is C19H18Cl2O4. The van der Waals surface area contributed by atoms with Gasteiger partial charge in [0.25, 0.3) is 0 Å². The van der Waals surface area contributed by atoms with E-state index in [0.717, 1.165) is 6.29 Å². The summed E-state index contributed by atoms with van der Waals surface area (Å²) in [5, 5.41) is 0. The molecule has 0 aliphatic carbocycles. The highest BCUT2D eigenvalue weighted by molar-refractivity contribution is 6.55. The predicted molar refractivity (Wildman–Crippen MR) is 99.0 cm³/mol. The van der Waals surface area contributed by atoms with Gasteiger partial charge in [-0.05, 0) is 61.0 Å². The molecule has 0 aromatic heterocycles. The maximum absolute atomic E-state index is 10.8. The first-order valence-electron chi connectivity index (χ1n) is 7.74. The molecule has 0 bridgehead atoms. The molecule has 132 valence electrons. The molecule has 0 radical (unpaired) electrons. The molecule has 2 aromatic rings. The second kappa shape index (κ2) is 9.97.